The van der Waals surface area contributed by atoms with Gasteiger partial charge in [-0.2, -0.15) is 0 Å². The minimum atomic E-state index is -0.874. The van der Waals surface area contributed by atoms with Crippen molar-refractivity contribution in [3.8, 4) is 0 Å². The van der Waals surface area contributed by atoms with Crippen molar-refractivity contribution in [1.82, 2.24) is 10.6 Å². The Morgan fingerprint density at radius 1 is 1.27 bits per heavy atom. The van der Waals surface area contributed by atoms with Crippen LogP contribution in [0.4, 0.5) is 10.5 Å². The monoisotopic (exact) mass is 347 g/mol. The number of benzene rings is 1. The van der Waals surface area contributed by atoms with Crippen molar-refractivity contribution < 1.29 is 19.1 Å². The highest BCUT2D eigenvalue weighted by Crippen LogP contribution is 2.27. The molecule has 0 heterocycles. The van der Waals surface area contributed by atoms with Crippen molar-refractivity contribution in [1.29, 1.82) is 0 Å². The van der Waals surface area contributed by atoms with Gasteiger partial charge in [-0.15, -0.1) is 0 Å². The number of nitrogens with one attached hydrogen (secondary N) is 2. The van der Waals surface area contributed by atoms with Crippen molar-refractivity contribution in [3.05, 3.63) is 27.7 Å². The molecule has 1 rings (SSSR count). The first-order valence-electron chi connectivity index (χ1n) is 6.22. The van der Waals surface area contributed by atoms with Gasteiger partial charge in [0, 0.05) is 11.1 Å². The van der Waals surface area contributed by atoms with Crippen LogP contribution >= 0.6 is 23.2 Å². The molecule has 1 aromatic rings. The van der Waals surface area contributed by atoms with Gasteiger partial charge in [0.05, 0.1) is 16.3 Å². The molecule has 9 heteroatoms. The summed E-state index contributed by atoms with van der Waals surface area (Å²) in [5.41, 5.74) is 5.57. The third-order valence-corrected chi connectivity index (χ3v) is 2.85. The Morgan fingerprint density at radius 3 is 2.50 bits per heavy atom. The van der Waals surface area contributed by atoms with E-state index in [4.69, 9.17) is 33.7 Å². The van der Waals surface area contributed by atoms with E-state index < -0.39 is 24.5 Å². The van der Waals surface area contributed by atoms with E-state index in [1.807, 2.05) is 5.32 Å². The van der Waals surface area contributed by atoms with Crippen LogP contribution in [-0.2, 0) is 9.53 Å². The molecule has 3 amide bonds. The smallest absolute Gasteiger partial charge is 0.340 e. The van der Waals surface area contributed by atoms with Gasteiger partial charge in [-0.05, 0) is 26.0 Å². The SMILES string of the molecule is CC(C)NC(=O)NC(=O)COC(=O)c1cc(Cl)cc(Cl)c1N. The fourth-order valence-corrected chi connectivity index (χ4v) is 1.92. The maximum Gasteiger partial charge on any atom is 0.340 e. The van der Waals surface area contributed by atoms with Gasteiger partial charge >= 0.3 is 12.0 Å². The number of anilines is 1. The van der Waals surface area contributed by atoms with Crippen molar-refractivity contribution in [2.75, 3.05) is 12.3 Å². The molecule has 1 aromatic carbocycles. The van der Waals surface area contributed by atoms with Crippen LogP contribution in [0.5, 0.6) is 0 Å². The molecule has 0 fully saturated rings. The number of hydrogen-bond donors (Lipinski definition) is 3. The van der Waals surface area contributed by atoms with E-state index in [1.54, 1.807) is 13.8 Å². The van der Waals surface area contributed by atoms with Crippen LogP contribution in [0.1, 0.15) is 24.2 Å². The maximum absolute atomic E-state index is 11.8. The van der Waals surface area contributed by atoms with E-state index in [2.05, 4.69) is 5.32 Å². The summed E-state index contributed by atoms with van der Waals surface area (Å²) in [5, 5.41) is 4.75. The number of carbonyl (C=O) groups is 3. The van der Waals surface area contributed by atoms with Crippen LogP contribution in [-0.4, -0.2) is 30.6 Å². The molecule has 0 atom stereocenters. The molecule has 0 saturated heterocycles. The fourth-order valence-electron chi connectivity index (χ4n) is 1.42. The quantitative estimate of drug-likeness (QED) is 0.569. The Morgan fingerprint density at radius 2 is 1.91 bits per heavy atom. The van der Waals surface area contributed by atoms with Crippen molar-refractivity contribution in [2.24, 2.45) is 0 Å². The van der Waals surface area contributed by atoms with Crippen LogP contribution in [0.25, 0.3) is 0 Å². The molecule has 0 aliphatic carbocycles. The Bertz CT molecular complexity index is 605. The molecule has 0 aliphatic heterocycles. The topological polar surface area (TPSA) is 111 Å². The molecule has 0 bridgehead atoms. The second-order valence-corrected chi connectivity index (χ2v) is 5.44. The first-order valence-corrected chi connectivity index (χ1v) is 6.98. The van der Waals surface area contributed by atoms with E-state index in [0.717, 1.165) is 0 Å². The Labute approximate surface area is 137 Å². The molecule has 120 valence electrons. The summed E-state index contributed by atoms with van der Waals surface area (Å²) in [5.74, 6) is -1.65. The lowest BCUT2D eigenvalue weighted by molar-refractivity contribution is -0.123. The zero-order chi connectivity index (χ0) is 16.9. The minimum absolute atomic E-state index is 0.00553. The second-order valence-electron chi connectivity index (χ2n) is 4.60. The van der Waals surface area contributed by atoms with Gasteiger partial charge < -0.3 is 15.8 Å². The average molecular weight is 348 g/mol. The van der Waals surface area contributed by atoms with Gasteiger partial charge in [0.25, 0.3) is 5.91 Å². The first kappa shape index (κ1) is 18.1. The van der Waals surface area contributed by atoms with Gasteiger partial charge in [-0.1, -0.05) is 23.2 Å². The lowest BCUT2D eigenvalue weighted by atomic mass is 10.2. The number of imide groups is 1. The lowest BCUT2D eigenvalue weighted by Crippen LogP contribution is -2.44. The summed E-state index contributed by atoms with van der Waals surface area (Å²) in [6.45, 7) is 2.82. The van der Waals surface area contributed by atoms with Gasteiger partial charge in [-0.3, -0.25) is 10.1 Å². The Kier molecular flexibility index (Phi) is 6.45. The molecule has 0 radical (unpaired) electrons. The number of nitrogens with two attached hydrogens (primary N) is 1. The first-order chi connectivity index (χ1) is 10.2. The molecule has 4 N–H and O–H groups in total. The van der Waals surface area contributed by atoms with E-state index in [9.17, 15) is 14.4 Å². The van der Waals surface area contributed by atoms with E-state index in [-0.39, 0.29) is 27.3 Å². The number of rotatable bonds is 4. The van der Waals surface area contributed by atoms with Gasteiger partial charge in [0.1, 0.15) is 0 Å². The highest BCUT2D eigenvalue weighted by molar-refractivity contribution is 6.37. The number of halogens is 2. The Balaban J connectivity index is 2.60. The minimum Gasteiger partial charge on any atom is -0.452 e. The summed E-state index contributed by atoms with van der Waals surface area (Å²) in [4.78, 5) is 34.6. The molecule has 22 heavy (non-hydrogen) atoms. The highest BCUT2D eigenvalue weighted by atomic mass is 35.5. The van der Waals surface area contributed by atoms with Crippen LogP contribution in [0.15, 0.2) is 12.1 Å². The lowest BCUT2D eigenvalue weighted by Gasteiger charge is -2.10. The molecule has 0 aliphatic rings. The van der Waals surface area contributed by atoms with Crippen LogP contribution in [0.2, 0.25) is 10.0 Å². The molecular formula is C13H15Cl2N3O4. The van der Waals surface area contributed by atoms with Crippen LogP contribution < -0.4 is 16.4 Å². The number of amides is 3. The fraction of sp³-hybridized carbons (Fsp3) is 0.308. The second kappa shape index (κ2) is 7.86. The zero-order valence-corrected chi connectivity index (χ0v) is 13.4. The van der Waals surface area contributed by atoms with Gasteiger partial charge in [-0.25, -0.2) is 9.59 Å². The number of ether oxygens (including phenoxy) is 1. The van der Waals surface area contributed by atoms with E-state index >= 15 is 0 Å². The Hall–Kier alpha value is -1.99. The maximum atomic E-state index is 11.8. The normalized spacial score (nSPS) is 10.2. The van der Waals surface area contributed by atoms with Gasteiger partial charge in [0.2, 0.25) is 0 Å². The average Bonchev–Trinajstić information content (AvgIpc) is 2.39. The van der Waals surface area contributed by atoms with Crippen LogP contribution in [0, 0.1) is 0 Å². The van der Waals surface area contributed by atoms with Crippen LogP contribution in [0.3, 0.4) is 0 Å². The summed E-state index contributed by atoms with van der Waals surface area (Å²) < 4.78 is 4.76. The number of carbonyl (C=O) groups excluding carboxylic acids is 3. The number of urea groups is 1. The molecule has 0 unspecified atom stereocenters. The number of esters is 1. The van der Waals surface area contributed by atoms with E-state index in [1.165, 1.54) is 12.1 Å². The summed E-state index contributed by atoms with van der Waals surface area (Å²) in [7, 11) is 0. The largest absolute Gasteiger partial charge is 0.452 e. The van der Waals surface area contributed by atoms with Gasteiger partial charge in [0.15, 0.2) is 6.61 Å². The summed E-state index contributed by atoms with van der Waals surface area (Å²) >= 11 is 11.6. The number of hydrogen-bond acceptors (Lipinski definition) is 5. The standard InChI is InChI=1S/C13H15Cl2N3O4/c1-6(2)17-13(21)18-10(19)5-22-12(20)8-3-7(14)4-9(15)11(8)16/h3-4,6H,5,16H2,1-2H3,(H2,17,18,19,21). The predicted molar refractivity (Wildman–Crippen MR) is 83.0 cm³/mol. The summed E-state index contributed by atoms with van der Waals surface area (Å²) in [6.07, 6.45) is 0. The summed E-state index contributed by atoms with van der Waals surface area (Å²) in [6, 6.07) is 1.83. The number of nitrogen functional groups attached to an aromatic ring is 1. The van der Waals surface area contributed by atoms with Crippen molar-refractivity contribution in [3.63, 3.8) is 0 Å². The molecule has 0 aromatic heterocycles. The third-order valence-electron chi connectivity index (χ3n) is 2.32. The molecule has 0 saturated carbocycles. The molecule has 7 nitrogen and oxygen atoms in total. The van der Waals surface area contributed by atoms with Crippen molar-refractivity contribution >= 4 is 46.8 Å². The molecule has 0 spiro atoms. The van der Waals surface area contributed by atoms with Crippen molar-refractivity contribution in [2.45, 2.75) is 19.9 Å². The predicted octanol–water partition coefficient (Wildman–Crippen LogP) is 1.97. The highest BCUT2D eigenvalue weighted by Gasteiger charge is 2.17. The third kappa shape index (κ3) is 5.42. The molecular weight excluding hydrogens is 333 g/mol. The zero-order valence-electron chi connectivity index (χ0n) is 11.9. The van der Waals surface area contributed by atoms with E-state index in [0.29, 0.717) is 0 Å².